The van der Waals surface area contributed by atoms with Gasteiger partial charge in [0, 0.05) is 5.69 Å². The summed E-state index contributed by atoms with van der Waals surface area (Å²) in [6.45, 7) is 3.71. The third-order valence-electron chi connectivity index (χ3n) is 4.00. The number of aromatic nitrogens is 1. The molecule has 0 amide bonds. The maximum absolute atomic E-state index is 12.6. The molecule has 0 bridgehead atoms. The average molecular weight is 383 g/mol. The number of anilines is 3. The van der Waals surface area contributed by atoms with E-state index in [-0.39, 0.29) is 4.90 Å². The fourth-order valence-corrected chi connectivity index (χ4v) is 3.93. The highest BCUT2D eigenvalue weighted by Crippen LogP contribution is 2.22. The van der Waals surface area contributed by atoms with Crippen molar-refractivity contribution < 1.29 is 13.2 Å². The topological polar surface area (TPSA) is 80.3 Å². The van der Waals surface area contributed by atoms with Crippen molar-refractivity contribution in [2.24, 2.45) is 0 Å². The molecule has 6 nitrogen and oxygen atoms in total. The Balaban J connectivity index is 1.73. The molecule has 0 saturated carbocycles. The Kier molecular flexibility index (Phi) is 5.32. The van der Waals surface area contributed by atoms with E-state index in [0.717, 1.165) is 17.0 Å². The van der Waals surface area contributed by atoms with Gasteiger partial charge in [-0.25, -0.2) is 13.4 Å². The van der Waals surface area contributed by atoms with Gasteiger partial charge in [0.05, 0.1) is 23.9 Å². The number of rotatable bonds is 6. The Bertz CT molecular complexity index is 1030. The van der Waals surface area contributed by atoms with Gasteiger partial charge < -0.3 is 10.1 Å². The van der Waals surface area contributed by atoms with E-state index < -0.39 is 10.0 Å². The monoisotopic (exact) mass is 383 g/mol. The second kappa shape index (κ2) is 7.67. The van der Waals surface area contributed by atoms with Crippen LogP contribution in [0.5, 0.6) is 5.75 Å². The van der Waals surface area contributed by atoms with Gasteiger partial charge in [-0.2, -0.15) is 0 Å². The minimum atomic E-state index is -3.66. The lowest BCUT2D eigenvalue weighted by molar-refractivity contribution is 0.415. The van der Waals surface area contributed by atoms with Crippen LogP contribution in [0.2, 0.25) is 0 Å². The van der Waals surface area contributed by atoms with Gasteiger partial charge in [-0.1, -0.05) is 17.7 Å². The summed E-state index contributed by atoms with van der Waals surface area (Å²) in [5, 5.41) is 3.15. The molecule has 3 rings (SSSR count). The van der Waals surface area contributed by atoms with Crippen LogP contribution < -0.4 is 14.8 Å². The first-order chi connectivity index (χ1) is 12.9. The van der Waals surface area contributed by atoms with Crippen LogP contribution in [0.1, 0.15) is 11.1 Å². The lowest BCUT2D eigenvalue weighted by atomic mass is 10.2. The zero-order valence-electron chi connectivity index (χ0n) is 15.4. The molecule has 1 heterocycles. The first kappa shape index (κ1) is 18.7. The molecule has 2 N–H and O–H groups in total. The smallest absolute Gasteiger partial charge is 0.262 e. The normalized spacial score (nSPS) is 11.1. The lowest BCUT2D eigenvalue weighted by Gasteiger charge is -2.11. The van der Waals surface area contributed by atoms with Gasteiger partial charge in [-0.05, 0) is 61.9 Å². The molecule has 0 aliphatic rings. The number of nitrogens with one attached hydrogen (secondary N) is 2. The van der Waals surface area contributed by atoms with Crippen LogP contribution in [-0.4, -0.2) is 20.5 Å². The molecule has 0 atom stereocenters. The summed E-state index contributed by atoms with van der Waals surface area (Å²) >= 11 is 0. The van der Waals surface area contributed by atoms with E-state index in [1.54, 1.807) is 38.3 Å². The van der Waals surface area contributed by atoms with Gasteiger partial charge in [-0.3, -0.25) is 4.72 Å². The number of ether oxygens (including phenoxy) is 1. The Morgan fingerprint density at radius 3 is 2.22 bits per heavy atom. The summed E-state index contributed by atoms with van der Waals surface area (Å²) < 4.78 is 32.9. The van der Waals surface area contributed by atoms with Crippen LogP contribution in [0.15, 0.2) is 65.7 Å². The van der Waals surface area contributed by atoms with Gasteiger partial charge >= 0.3 is 0 Å². The van der Waals surface area contributed by atoms with E-state index in [0.29, 0.717) is 17.1 Å². The first-order valence-electron chi connectivity index (χ1n) is 8.34. The van der Waals surface area contributed by atoms with E-state index in [1.807, 2.05) is 37.3 Å². The van der Waals surface area contributed by atoms with Crippen molar-refractivity contribution in [3.05, 3.63) is 71.9 Å². The van der Waals surface area contributed by atoms with Crippen molar-refractivity contribution in [1.82, 2.24) is 4.98 Å². The van der Waals surface area contributed by atoms with Crippen LogP contribution >= 0.6 is 0 Å². The summed E-state index contributed by atoms with van der Waals surface area (Å²) in [5.41, 5.74) is 2.97. The van der Waals surface area contributed by atoms with E-state index in [1.165, 1.54) is 6.20 Å². The predicted molar refractivity (Wildman–Crippen MR) is 107 cm³/mol. The van der Waals surface area contributed by atoms with E-state index in [2.05, 4.69) is 15.0 Å². The van der Waals surface area contributed by atoms with E-state index >= 15 is 0 Å². The largest absolute Gasteiger partial charge is 0.497 e. The molecule has 0 aliphatic heterocycles. The molecule has 0 unspecified atom stereocenters. The van der Waals surface area contributed by atoms with Gasteiger partial charge in [-0.15, -0.1) is 0 Å². The number of sulfonamides is 1. The maximum atomic E-state index is 12.6. The average Bonchev–Trinajstić information content (AvgIpc) is 2.63. The first-order valence-corrected chi connectivity index (χ1v) is 9.83. The number of methoxy groups -OCH3 is 1. The molecule has 27 heavy (non-hydrogen) atoms. The molecule has 7 heteroatoms. The van der Waals surface area contributed by atoms with Gasteiger partial charge in [0.25, 0.3) is 10.0 Å². The summed E-state index contributed by atoms with van der Waals surface area (Å²) in [6.07, 6.45) is 1.48. The van der Waals surface area contributed by atoms with Gasteiger partial charge in [0.2, 0.25) is 0 Å². The van der Waals surface area contributed by atoms with Crippen molar-refractivity contribution in [3.8, 4) is 5.75 Å². The van der Waals surface area contributed by atoms with Crippen molar-refractivity contribution in [2.75, 3.05) is 17.1 Å². The number of pyridine rings is 1. The molecule has 0 spiro atoms. The minimum absolute atomic E-state index is 0.258. The Morgan fingerprint density at radius 1 is 0.926 bits per heavy atom. The van der Waals surface area contributed by atoms with Crippen molar-refractivity contribution in [3.63, 3.8) is 0 Å². The minimum Gasteiger partial charge on any atom is -0.497 e. The third-order valence-corrected chi connectivity index (χ3v) is 5.54. The molecule has 0 aliphatic carbocycles. The van der Waals surface area contributed by atoms with Crippen LogP contribution in [0.4, 0.5) is 17.2 Å². The van der Waals surface area contributed by atoms with Gasteiger partial charge in [0.15, 0.2) is 0 Å². The predicted octanol–water partition coefficient (Wildman–Crippen LogP) is 4.25. The Labute approximate surface area is 159 Å². The standard InChI is InChI=1S/C20H21N3O3S/c1-14-4-10-19(15(2)12-14)27(24,25)23-17-7-11-20(21-13-17)22-16-5-8-18(26-3)9-6-16/h4-13,23H,1-3H3,(H,21,22). The molecule has 140 valence electrons. The fraction of sp³-hybridized carbons (Fsp3) is 0.150. The number of hydrogen-bond acceptors (Lipinski definition) is 5. The molecule has 0 radical (unpaired) electrons. The van der Waals surface area contributed by atoms with Crippen LogP contribution in [0.25, 0.3) is 0 Å². The van der Waals surface area contributed by atoms with Crippen LogP contribution in [0.3, 0.4) is 0 Å². The zero-order valence-corrected chi connectivity index (χ0v) is 16.2. The Hall–Kier alpha value is -3.06. The van der Waals surface area contributed by atoms with Crippen molar-refractivity contribution in [2.45, 2.75) is 18.7 Å². The second-order valence-electron chi connectivity index (χ2n) is 6.16. The van der Waals surface area contributed by atoms with E-state index in [4.69, 9.17) is 4.74 Å². The summed E-state index contributed by atoms with van der Waals surface area (Å²) in [4.78, 5) is 4.52. The molecule has 1 aromatic heterocycles. The van der Waals surface area contributed by atoms with Crippen molar-refractivity contribution >= 4 is 27.2 Å². The highest BCUT2D eigenvalue weighted by molar-refractivity contribution is 7.92. The highest BCUT2D eigenvalue weighted by Gasteiger charge is 2.17. The molecule has 0 fully saturated rings. The van der Waals surface area contributed by atoms with Gasteiger partial charge in [0.1, 0.15) is 11.6 Å². The number of hydrogen-bond donors (Lipinski definition) is 2. The highest BCUT2D eigenvalue weighted by atomic mass is 32.2. The lowest BCUT2D eigenvalue weighted by Crippen LogP contribution is -2.14. The molecular formula is C20H21N3O3S. The maximum Gasteiger partial charge on any atom is 0.262 e. The SMILES string of the molecule is COc1ccc(Nc2ccc(NS(=O)(=O)c3ccc(C)cc3C)cn2)cc1. The van der Waals surface area contributed by atoms with Crippen molar-refractivity contribution in [1.29, 1.82) is 0 Å². The molecular weight excluding hydrogens is 362 g/mol. The zero-order chi connectivity index (χ0) is 19.4. The Morgan fingerprint density at radius 2 is 1.63 bits per heavy atom. The van der Waals surface area contributed by atoms with Crippen LogP contribution in [-0.2, 0) is 10.0 Å². The fourth-order valence-electron chi connectivity index (χ4n) is 2.66. The number of aryl methyl sites for hydroxylation is 2. The summed E-state index contributed by atoms with van der Waals surface area (Å²) in [5.74, 6) is 1.37. The molecule has 2 aromatic carbocycles. The quantitative estimate of drug-likeness (QED) is 0.665. The molecule has 0 saturated heterocycles. The van der Waals surface area contributed by atoms with Crippen LogP contribution in [0, 0.1) is 13.8 Å². The summed E-state index contributed by atoms with van der Waals surface area (Å²) in [6, 6.07) is 16.0. The number of benzene rings is 2. The third kappa shape index (κ3) is 4.57. The molecule has 3 aromatic rings. The second-order valence-corrected chi connectivity index (χ2v) is 7.81. The summed E-state index contributed by atoms with van der Waals surface area (Å²) in [7, 11) is -2.05. The number of nitrogens with zero attached hydrogens (tertiary/aromatic N) is 1. The van der Waals surface area contributed by atoms with E-state index in [9.17, 15) is 8.42 Å².